The number of benzene rings is 1. The summed E-state index contributed by atoms with van der Waals surface area (Å²) in [5, 5.41) is 0. The summed E-state index contributed by atoms with van der Waals surface area (Å²) in [7, 11) is 5.91. The molecule has 0 saturated heterocycles. The lowest BCUT2D eigenvalue weighted by Gasteiger charge is -2.20. The third kappa shape index (κ3) is 5.58. The van der Waals surface area contributed by atoms with Crippen molar-refractivity contribution in [1.29, 1.82) is 0 Å². The summed E-state index contributed by atoms with van der Waals surface area (Å²) >= 11 is 0. The Kier molecular flexibility index (Phi) is 6.29. The molecule has 1 atom stereocenters. The summed E-state index contributed by atoms with van der Waals surface area (Å²) in [6, 6.07) is 4.10. The lowest BCUT2D eigenvalue weighted by molar-refractivity contribution is -0.197. The normalized spacial score (nSPS) is 13.6. The minimum absolute atomic E-state index is 0.00136. The lowest BCUT2D eigenvalue weighted by Crippen LogP contribution is -2.39. The van der Waals surface area contributed by atoms with Crippen LogP contribution in [0.15, 0.2) is 18.2 Å². The number of carbonyl (C=O) groups excluding carboxylic acids is 1. The summed E-state index contributed by atoms with van der Waals surface area (Å²) in [5.74, 6) is -3.21. The van der Waals surface area contributed by atoms with Crippen molar-refractivity contribution in [3.8, 4) is 0 Å². The van der Waals surface area contributed by atoms with E-state index < -0.39 is 34.1 Å². The van der Waals surface area contributed by atoms with Crippen LogP contribution in [-0.2, 0) is 27.5 Å². The fraction of sp³-hybridized carbons (Fsp3) is 0.417. The number of alkyl halides is 3. The predicted molar refractivity (Wildman–Crippen MR) is 77.0 cm³/mol. The van der Waals surface area contributed by atoms with Crippen LogP contribution in [0, 0.1) is 0 Å². The first-order chi connectivity index (χ1) is 10.5. The maximum absolute atomic E-state index is 12.8. The highest BCUT2D eigenvalue weighted by molar-refractivity contribution is 7.85. The first kappa shape index (κ1) is 19.6. The third-order valence-corrected chi connectivity index (χ3v) is 3.62. The molecule has 0 heterocycles. The molecule has 5 nitrogen and oxygen atoms in total. The van der Waals surface area contributed by atoms with E-state index >= 15 is 0 Å². The predicted octanol–water partition coefficient (Wildman–Crippen LogP) is 0.999. The number of halogens is 3. The van der Waals surface area contributed by atoms with Crippen LogP contribution in [0.3, 0.4) is 0 Å². The Labute approximate surface area is 133 Å². The summed E-state index contributed by atoms with van der Waals surface area (Å²) in [6.07, 6.45) is -8.34. The van der Waals surface area contributed by atoms with E-state index in [1.54, 1.807) is 6.07 Å². The van der Waals surface area contributed by atoms with E-state index in [4.69, 9.17) is 20.2 Å². The highest BCUT2D eigenvalue weighted by Gasteiger charge is 2.45. The van der Waals surface area contributed by atoms with Crippen molar-refractivity contribution in [1.82, 2.24) is 0 Å². The van der Waals surface area contributed by atoms with Crippen molar-refractivity contribution < 1.29 is 35.7 Å². The number of carbonyl (C=O) groups is 1. The molecule has 0 aliphatic carbocycles. The highest BCUT2D eigenvalue weighted by Crippen LogP contribution is 2.26. The second-order valence-corrected chi connectivity index (χ2v) is 6.03. The summed E-state index contributed by atoms with van der Waals surface area (Å²) in [6.45, 7) is 0. The van der Waals surface area contributed by atoms with Gasteiger partial charge in [0.1, 0.15) is 5.75 Å². The molecule has 1 unspecified atom stereocenters. The van der Waals surface area contributed by atoms with Gasteiger partial charge in [0.2, 0.25) is 6.10 Å². The van der Waals surface area contributed by atoms with Crippen LogP contribution < -0.4 is 0 Å². The number of hydrogen-bond acceptors (Lipinski definition) is 4. The van der Waals surface area contributed by atoms with Crippen LogP contribution in [0.5, 0.6) is 0 Å². The Balaban J connectivity index is 3.14. The van der Waals surface area contributed by atoms with E-state index in [9.17, 15) is 26.4 Å². The van der Waals surface area contributed by atoms with Gasteiger partial charge in [0.25, 0.3) is 10.1 Å². The van der Waals surface area contributed by atoms with Crippen LogP contribution in [0.1, 0.15) is 21.5 Å². The maximum atomic E-state index is 12.8. The second kappa shape index (κ2) is 7.39. The molecule has 0 aliphatic rings. The van der Waals surface area contributed by atoms with Crippen LogP contribution in [0.4, 0.5) is 13.2 Å². The van der Waals surface area contributed by atoms with Gasteiger partial charge in [-0.3, -0.25) is 4.55 Å². The van der Waals surface area contributed by atoms with Crippen molar-refractivity contribution in [2.24, 2.45) is 0 Å². The largest absolute Gasteiger partial charge is 0.448 e. The fourth-order valence-electron chi connectivity index (χ4n) is 1.84. The summed E-state index contributed by atoms with van der Waals surface area (Å²) in [4.78, 5) is 11.9. The van der Waals surface area contributed by atoms with Gasteiger partial charge in [0.05, 0.1) is 21.3 Å². The van der Waals surface area contributed by atoms with Crippen molar-refractivity contribution in [2.75, 3.05) is 5.75 Å². The zero-order valence-corrected chi connectivity index (χ0v) is 12.5. The van der Waals surface area contributed by atoms with Crippen molar-refractivity contribution in [2.45, 2.75) is 24.9 Å². The molecule has 0 amide bonds. The first-order valence-electron chi connectivity index (χ1n) is 6.23. The van der Waals surface area contributed by atoms with Crippen LogP contribution >= 0.6 is 0 Å². The summed E-state index contributed by atoms with van der Waals surface area (Å²) < 4.78 is 72.4. The Morgan fingerprint density at radius 1 is 1.26 bits per heavy atom. The van der Waals surface area contributed by atoms with E-state index in [1.165, 1.54) is 12.1 Å². The van der Waals surface area contributed by atoms with E-state index in [0.717, 1.165) is 0 Å². The van der Waals surface area contributed by atoms with Gasteiger partial charge in [-0.1, -0.05) is 30.3 Å². The average molecular weight is 346 g/mol. The topological polar surface area (TPSA) is 80.7 Å². The van der Waals surface area contributed by atoms with Crippen molar-refractivity contribution in [3.05, 3.63) is 34.9 Å². The first-order valence-corrected chi connectivity index (χ1v) is 7.84. The lowest BCUT2D eigenvalue weighted by atomic mass is 9.84. The van der Waals surface area contributed by atoms with Crippen LogP contribution in [0.25, 0.3) is 0 Å². The van der Waals surface area contributed by atoms with Crippen molar-refractivity contribution in [3.63, 3.8) is 0 Å². The number of rotatable bonds is 6. The number of hydrogen-bond donors (Lipinski definition) is 1. The second-order valence-electron chi connectivity index (χ2n) is 4.54. The van der Waals surface area contributed by atoms with Gasteiger partial charge < -0.3 is 4.74 Å². The standard InChI is InChI=1S/C12H11B2F3O5S/c13-4-7-2-1-3-8(9(7)5-14)11(18)22-10(12(15,16)17)6-23(19,20)21/h1-3,10H,4-6H2,(H,19,20,21). The van der Waals surface area contributed by atoms with Gasteiger partial charge >= 0.3 is 12.1 Å². The monoisotopic (exact) mass is 346 g/mol. The molecule has 1 aromatic rings. The number of esters is 1. The molecule has 1 rings (SSSR count). The van der Waals surface area contributed by atoms with Gasteiger partial charge in [-0.15, -0.1) is 0 Å². The molecular weight excluding hydrogens is 335 g/mol. The Morgan fingerprint density at radius 3 is 2.30 bits per heavy atom. The Morgan fingerprint density at radius 2 is 1.87 bits per heavy atom. The van der Waals surface area contributed by atoms with E-state index in [-0.39, 0.29) is 23.8 Å². The minimum Gasteiger partial charge on any atom is -0.448 e. The zero-order chi connectivity index (χ0) is 17.8. The van der Waals surface area contributed by atoms with Crippen molar-refractivity contribution >= 4 is 31.8 Å². The quantitative estimate of drug-likeness (QED) is 0.472. The molecule has 23 heavy (non-hydrogen) atoms. The fourth-order valence-corrected chi connectivity index (χ4v) is 2.48. The molecule has 122 valence electrons. The van der Waals surface area contributed by atoms with Gasteiger partial charge in [0, 0.05) is 0 Å². The molecular formula is C12H11B2F3O5S. The zero-order valence-electron chi connectivity index (χ0n) is 11.7. The van der Waals surface area contributed by atoms with E-state index in [0.29, 0.717) is 5.56 Å². The van der Waals surface area contributed by atoms with Crippen LogP contribution in [-0.4, -0.2) is 52.7 Å². The smallest absolute Gasteiger partial charge is 0.426 e. The molecule has 11 heteroatoms. The van der Waals surface area contributed by atoms with Gasteiger partial charge in [-0.05, 0) is 11.6 Å². The highest BCUT2D eigenvalue weighted by atomic mass is 32.2. The molecule has 0 fully saturated rings. The third-order valence-electron chi connectivity index (χ3n) is 2.89. The Bertz CT molecular complexity index is 676. The molecule has 0 bridgehead atoms. The van der Waals surface area contributed by atoms with E-state index in [1.807, 2.05) is 0 Å². The molecule has 4 radical (unpaired) electrons. The molecule has 1 aromatic carbocycles. The Hall–Kier alpha value is -1.48. The molecule has 0 saturated carbocycles. The van der Waals surface area contributed by atoms with Gasteiger partial charge in [-0.2, -0.15) is 21.6 Å². The minimum atomic E-state index is -5.17. The average Bonchev–Trinajstić information content (AvgIpc) is 2.43. The number of ether oxygens (including phenoxy) is 1. The summed E-state index contributed by atoms with van der Waals surface area (Å²) in [5.41, 5.74) is 0.396. The molecule has 0 aliphatic heterocycles. The van der Waals surface area contributed by atoms with Gasteiger partial charge in [0.15, 0.2) is 0 Å². The maximum Gasteiger partial charge on any atom is 0.426 e. The molecule has 1 N–H and O–H groups in total. The van der Waals surface area contributed by atoms with Crippen LogP contribution in [0.2, 0.25) is 0 Å². The SMILES string of the molecule is [B]Cc1cccc(C(=O)OC(CS(=O)(=O)O)C(F)(F)F)c1C[B]. The van der Waals surface area contributed by atoms with Gasteiger partial charge in [-0.25, -0.2) is 4.79 Å². The molecule has 0 spiro atoms. The molecule has 0 aromatic heterocycles. The van der Waals surface area contributed by atoms with E-state index in [2.05, 4.69) is 4.74 Å².